The lowest BCUT2D eigenvalue weighted by Gasteiger charge is -2.11. The molecule has 1 atom stereocenters. The van der Waals surface area contributed by atoms with Crippen molar-refractivity contribution in [2.45, 2.75) is 45.6 Å². The Morgan fingerprint density at radius 3 is 2.57 bits per heavy atom. The zero-order valence-corrected chi connectivity index (χ0v) is 9.12. The first kappa shape index (κ1) is 11.3. The van der Waals surface area contributed by atoms with Gasteiger partial charge in [0.25, 0.3) is 0 Å². The number of hydrogen-bond donors (Lipinski definition) is 0. The summed E-state index contributed by atoms with van der Waals surface area (Å²) in [7, 11) is 0. The van der Waals surface area contributed by atoms with Gasteiger partial charge in [-0.2, -0.15) is 0 Å². The lowest BCUT2D eigenvalue weighted by atomic mass is 9.97. The van der Waals surface area contributed by atoms with Crippen LogP contribution in [0.1, 0.15) is 50.3 Å². The second-order valence-corrected chi connectivity index (χ2v) is 3.70. The van der Waals surface area contributed by atoms with Gasteiger partial charge in [-0.25, -0.2) is 5.11 Å². The molecule has 0 aromatic heterocycles. The van der Waals surface area contributed by atoms with Gasteiger partial charge in [0, 0.05) is 0 Å². The normalized spacial score (nSPS) is 12.8. The topological polar surface area (TPSA) is 19.9 Å². The van der Waals surface area contributed by atoms with Crippen molar-refractivity contribution in [1.29, 1.82) is 0 Å². The van der Waals surface area contributed by atoms with Crippen LogP contribution < -0.4 is 0 Å². The monoisotopic (exact) mass is 191 g/mol. The third kappa shape index (κ3) is 2.85. The van der Waals surface area contributed by atoms with Crippen LogP contribution in [-0.4, -0.2) is 0 Å². The van der Waals surface area contributed by atoms with Crippen molar-refractivity contribution in [2.75, 3.05) is 0 Å². The maximum atomic E-state index is 11.7. The Morgan fingerprint density at radius 2 is 1.93 bits per heavy atom. The molecule has 0 fully saturated rings. The fourth-order valence-corrected chi connectivity index (χ4v) is 1.66. The van der Waals surface area contributed by atoms with Crippen LogP contribution in [0, 0.1) is 0 Å². The van der Waals surface area contributed by atoms with Gasteiger partial charge in [0.2, 0.25) is 0 Å². The van der Waals surface area contributed by atoms with Crippen LogP contribution in [0.25, 0.3) is 0 Å². The average molecular weight is 191 g/mol. The smallest absolute Gasteiger partial charge is 0.118 e. The van der Waals surface area contributed by atoms with Crippen LogP contribution in [0.4, 0.5) is 0 Å². The lowest BCUT2D eigenvalue weighted by molar-refractivity contribution is 0.0849. The van der Waals surface area contributed by atoms with E-state index in [1.165, 1.54) is 18.4 Å². The van der Waals surface area contributed by atoms with Gasteiger partial charge in [-0.15, -0.1) is 0 Å². The van der Waals surface area contributed by atoms with Gasteiger partial charge in [-0.05, 0) is 30.4 Å². The van der Waals surface area contributed by atoms with E-state index in [0.717, 1.165) is 12.0 Å². The summed E-state index contributed by atoms with van der Waals surface area (Å²) in [6.07, 6.45) is 3.55. The first-order valence-corrected chi connectivity index (χ1v) is 5.53. The van der Waals surface area contributed by atoms with E-state index in [1.54, 1.807) is 0 Å². The van der Waals surface area contributed by atoms with Crippen LogP contribution >= 0.6 is 0 Å². The molecule has 1 rings (SSSR count). The van der Waals surface area contributed by atoms with Crippen LogP contribution in [0.5, 0.6) is 0 Å². The predicted molar refractivity (Wildman–Crippen MR) is 58.8 cm³/mol. The highest BCUT2D eigenvalue weighted by atomic mass is 16.3. The second kappa shape index (κ2) is 5.82. The van der Waals surface area contributed by atoms with Crippen LogP contribution in [0.3, 0.4) is 0 Å². The van der Waals surface area contributed by atoms with Crippen molar-refractivity contribution in [2.24, 2.45) is 0 Å². The second-order valence-electron chi connectivity index (χ2n) is 3.70. The summed E-state index contributed by atoms with van der Waals surface area (Å²) in [6.45, 7) is 4.13. The zero-order chi connectivity index (χ0) is 10.4. The molecule has 0 spiro atoms. The molecule has 0 heterocycles. The predicted octanol–water partition coefficient (Wildman–Crippen LogP) is 3.91. The number of hydrogen-bond acceptors (Lipinski definition) is 0. The van der Waals surface area contributed by atoms with E-state index in [1.807, 2.05) is 25.1 Å². The number of benzene rings is 1. The molecule has 1 heteroatoms. The molecule has 1 radical (unpaired) electrons. The Bertz CT molecular complexity index is 268. The summed E-state index contributed by atoms with van der Waals surface area (Å²) in [5.41, 5.74) is 2.25. The maximum absolute atomic E-state index is 11.7. The van der Waals surface area contributed by atoms with Gasteiger partial charge in [0.1, 0.15) is 6.10 Å². The number of unbranched alkanes of at least 4 members (excludes halogenated alkanes) is 1. The molecule has 0 bridgehead atoms. The van der Waals surface area contributed by atoms with E-state index in [9.17, 15) is 5.11 Å². The molecule has 0 aliphatic carbocycles. The summed E-state index contributed by atoms with van der Waals surface area (Å²) in [5.74, 6) is 0. The summed E-state index contributed by atoms with van der Waals surface area (Å²) < 4.78 is 0. The van der Waals surface area contributed by atoms with E-state index in [0.29, 0.717) is 6.42 Å². The molecular formula is C13H19O. The fraction of sp³-hybridized carbons (Fsp3) is 0.538. The van der Waals surface area contributed by atoms with Crippen molar-refractivity contribution < 1.29 is 5.11 Å². The lowest BCUT2D eigenvalue weighted by Crippen LogP contribution is -1.99. The van der Waals surface area contributed by atoms with Gasteiger partial charge in [-0.1, -0.05) is 44.5 Å². The minimum Gasteiger partial charge on any atom is -0.228 e. The summed E-state index contributed by atoms with van der Waals surface area (Å²) >= 11 is 0. The van der Waals surface area contributed by atoms with E-state index in [-0.39, 0.29) is 0 Å². The molecule has 0 saturated heterocycles. The molecule has 0 saturated carbocycles. The maximum Gasteiger partial charge on any atom is 0.118 e. The fourth-order valence-electron chi connectivity index (χ4n) is 1.66. The SMILES string of the molecule is CCCCc1ccccc1C([O])CC. The average Bonchev–Trinajstić information content (AvgIpc) is 2.25. The molecule has 0 aliphatic rings. The minimum atomic E-state index is -0.539. The summed E-state index contributed by atoms with van der Waals surface area (Å²) in [4.78, 5) is 0. The molecule has 0 N–H and O–H groups in total. The molecule has 1 nitrogen and oxygen atoms in total. The van der Waals surface area contributed by atoms with Gasteiger partial charge in [-0.3, -0.25) is 0 Å². The third-order valence-electron chi connectivity index (χ3n) is 2.57. The van der Waals surface area contributed by atoms with Gasteiger partial charge >= 0.3 is 0 Å². The van der Waals surface area contributed by atoms with Gasteiger partial charge in [0.15, 0.2) is 0 Å². The molecule has 0 aliphatic heterocycles. The number of aryl methyl sites for hydroxylation is 1. The van der Waals surface area contributed by atoms with Crippen LogP contribution in [0.2, 0.25) is 0 Å². The van der Waals surface area contributed by atoms with E-state index < -0.39 is 6.10 Å². The van der Waals surface area contributed by atoms with Crippen LogP contribution in [-0.2, 0) is 11.5 Å². The molecule has 0 amide bonds. The van der Waals surface area contributed by atoms with Crippen molar-refractivity contribution in [1.82, 2.24) is 0 Å². The Morgan fingerprint density at radius 1 is 1.21 bits per heavy atom. The summed E-state index contributed by atoms with van der Waals surface area (Å²) in [6, 6.07) is 8.06. The molecule has 14 heavy (non-hydrogen) atoms. The van der Waals surface area contributed by atoms with Crippen molar-refractivity contribution in [3.8, 4) is 0 Å². The Balaban J connectivity index is 2.79. The Kier molecular flexibility index (Phi) is 4.68. The van der Waals surface area contributed by atoms with Crippen molar-refractivity contribution in [3.63, 3.8) is 0 Å². The third-order valence-corrected chi connectivity index (χ3v) is 2.57. The highest BCUT2D eigenvalue weighted by Crippen LogP contribution is 2.22. The van der Waals surface area contributed by atoms with Crippen LogP contribution in [0.15, 0.2) is 24.3 Å². The van der Waals surface area contributed by atoms with Crippen molar-refractivity contribution in [3.05, 3.63) is 35.4 Å². The molecule has 1 aromatic carbocycles. The standard InChI is InChI=1S/C13H19O/c1-3-5-8-11-9-6-7-10-12(11)13(14)4-2/h6-7,9-10,13H,3-5,8H2,1-2H3. The Hall–Kier alpha value is -0.820. The van der Waals surface area contributed by atoms with E-state index in [2.05, 4.69) is 13.0 Å². The highest BCUT2D eigenvalue weighted by Gasteiger charge is 2.10. The number of rotatable bonds is 5. The quantitative estimate of drug-likeness (QED) is 0.672. The zero-order valence-electron chi connectivity index (χ0n) is 9.12. The minimum absolute atomic E-state index is 0.539. The van der Waals surface area contributed by atoms with E-state index >= 15 is 0 Å². The molecule has 77 valence electrons. The Labute approximate surface area is 86.8 Å². The largest absolute Gasteiger partial charge is 0.228 e. The van der Waals surface area contributed by atoms with Gasteiger partial charge in [0.05, 0.1) is 0 Å². The highest BCUT2D eigenvalue weighted by molar-refractivity contribution is 5.29. The summed E-state index contributed by atoms with van der Waals surface area (Å²) in [5, 5.41) is 11.7. The van der Waals surface area contributed by atoms with E-state index in [4.69, 9.17) is 0 Å². The first-order chi connectivity index (χ1) is 6.79. The van der Waals surface area contributed by atoms with Gasteiger partial charge < -0.3 is 0 Å². The molecule has 1 aromatic rings. The van der Waals surface area contributed by atoms with Crippen molar-refractivity contribution >= 4 is 0 Å². The molecule has 1 unspecified atom stereocenters. The molecular weight excluding hydrogens is 172 g/mol. The first-order valence-electron chi connectivity index (χ1n) is 5.53.